The van der Waals surface area contributed by atoms with E-state index in [4.69, 9.17) is 4.74 Å². The molecule has 0 aromatic carbocycles. The molecule has 1 saturated heterocycles. The lowest BCUT2D eigenvalue weighted by atomic mass is 10.1. The molecule has 3 rings (SSSR count). The van der Waals surface area contributed by atoms with E-state index in [-0.39, 0.29) is 29.0 Å². The molecule has 21 heavy (non-hydrogen) atoms. The Kier molecular flexibility index (Phi) is 4.05. The number of aromatic nitrogens is 3. The summed E-state index contributed by atoms with van der Waals surface area (Å²) >= 11 is 0. The first-order valence-corrected chi connectivity index (χ1v) is 9.43. The van der Waals surface area contributed by atoms with Crippen LogP contribution in [-0.2, 0) is 14.6 Å². The molecule has 2 fully saturated rings. The summed E-state index contributed by atoms with van der Waals surface area (Å²) in [7, 11) is -3.44. The van der Waals surface area contributed by atoms with E-state index in [2.05, 4.69) is 10.2 Å². The van der Waals surface area contributed by atoms with Crippen molar-refractivity contribution in [3.63, 3.8) is 0 Å². The number of rotatable bonds is 5. The minimum atomic E-state index is -3.44. The number of hydrogen-bond donors (Lipinski definition) is 0. The average Bonchev–Trinajstić information content (AvgIpc) is 3.16. The molecule has 1 aliphatic heterocycles. The number of sulfone groups is 1. The molecule has 0 N–H and O–H groups in total. The molecule has 1 aromatic rings. The van der Waals surface area contributed by atoms with Gasteiger partial charge < -0.3 is 4.74 Å². The van der Waals surface area contributed by atoms with Crippen molar-refractivity contribution in [2.24, 2.45) is 0 Å². The van der Waals surface area contributed by atoms with Gasteiger partial charge in [-0.05, 0) is 32.1 Å². The zero-order valence-electron chi connectivity index (χ0n) is 12.7. The summed E-state index contributed by atoms with van der Waals surface area (Å²) in [6.45, 7) is 4.69. The van der Waals surface area contributed by atoms with Crippen LogP contribution in [0, 0.1) is 0 Å². The van der Waals surface area contributed by atoms with Gasteiger partial charge in [0.05, 0.1) is 11.9 Å². The third-order valence-corrected chi connectivity index (χ3v) is 5.72. The Bertz CT molecular complexity index is 599. The first-order valence-electron chi connectivity index (χ1n) is 7.78. The fourth-order valence-corrected chi connectivity index (χ4v) is 4.44. The fourth-order valence-electron chi connectivity index (χ4n) is 2.83. The van der Waals surface area contributed by atoms with Crippen molar-refractivity contribution in [3.05, 3.63) is 5.82 Å². The second kappa shape index (κ2) is 5.68. The summed E-state index contributed by atoms with van der Waals surface area (Å²) in [5.41, 5.74) is 0. The molecule has 6 nitrogen and oxygen atoms in total. The van der Waals surface area contributed by atoms with Crippen LogP contribution >= 0.6 is 0 Å². The van der Waals surface area contributed by atoms with E-state index in [0.29, 0.717) is 6.61 Å². The lowest BCUT2D eigenvalue weighted by molar-refractivity contribution is 0.0304. The highest BCUT2D eigenvalue weighted by atomic mass is 32.2. The van der Waals surface area contributed by atoms with E-state index >= 15 is 0 Å². The lowest BCUT2D eigenvalue weighted by Gasteiger charge is -2.22. The monoisotopic (exact) mass is 313 g/mol. The van der Waals surface area contributed by atoms with Crippen LogP contribution in [0.2, 0.25) is 0 Å². The van der Waals surface area contributed by atoms with Crippen LogP contribution < -0.4 is 0 Å². The summed E-state index contributed by atoms with van der Waals surface area (Å²) in [4.78, 5) is 0. The molecular formula is C14H23N3O3S. The fraction of sp³-hybridized carbons (Fsp3) is 0.857. The maximum absolute atomic E-state index is 12.7. The zero-order valence-corrected chi connectivity index (χ0v) is 13.5. The van der Waals surface area contributed by atoms with Gasteiger partial charge in [-0.1, -0.05) is 13.8 Å². The predicted octanol–water partition coefficient (Wildman–Crippen LogP) is 2.08. The van der Waals surface area contributed by atoms with E-state index in [0.717, 1.165) is 37.9 Å². The van der Waals surface area contributed by atoms with Crippen LogP contribution in [0.1, 0.15) is 63.7 Å². The van der Waals surface area contributed by atoms with Gasteiger partial charge in [-0.3, -0.25) is 4.57 Å². The molecule has 1 atom stereocenters. The number of hydrogen-bond acceptors (Lipinski definition) is 5. The second-order valence-electron chi connectivity index (χ2n) is 6.37. The standard InChI is InChI=1S/C14H23N3O3S/c1-10(2)13-15-16-14(17(13)11-6-7-11)21(18,19)9-12-5-3-4-8-20-12/h10-12H,3-9H2,1-2H3/t12-/m0/s1. The normalized spacial score (nSPS) is 23.7. The maximum Gasteiger partial charge on any atom is 0.250 e. The quantitative estimate of drug-likeness (QED) is 0.832. The van der Waals surface area contributed by atoms with E-state index in [1.807, 2.05) is 18.4 Å². The Morgan fingerprint density at radius 2 is 2.00 bits per heavy atom. The highest BCUT2D eigenvalue weighted by Crippen LogP contribution is 2.39. The molecule has 2 heterocycles. The summed E-state index contributed by atoms with van der Waals surface area (Å²) in [6.07, 6.45) is 4.70. The number of nitrogens with zero attached hydrogens (tertiary/aromatic N) is 3. The summed E-state index contributed by atoms with van der Waals surface area (Å²) in [5.74, 6) is 0.976. The zero-order chi connectivity index (χ0) is 15.0. The van der Waals surface area contributed by atoms with Crippen LogP contribution in [0.5, 0.6) is 0 Å². The van der Waals surface area contributed by atoms with E-state index in [9.17, 15) is 8.42 Å². The molecule has 0 unspecified atom stereocenters. The van der Waals surface area contributed by atoms with Crippen molar-refractivity contribution in [3.8, 4) is 0 Å². The van der Waals surface area contributed by atoms with Crippen molar-refractivity contribution in [1.82, 2.24) is 14.8 Å². The first kappa shape index (κ1) is 15.0. The third kappa shape index (κ3) is 3.13. The third-order valence-electron chi connectivity index (χ3n) is 4.08. The summed E-state index contributed by atoms with van der Waals surface area (Å²) in [5, 5.41) is 8.28. The van der Waals surface area contributed by atoms with Gasteiger partial charge in [0, 0.05) is 18.6 Å². The van der Waals surface area contributed by atoms with Gasteiger partial charge in [0.15, 0.2) is 0 Å². The van der Waals surface area contributed by atoms with Crippen LogP contribution in [0.25, 0.3) is 0 Å². The van der Waals surface area contributed by atoms with Crippen molar-refractivity contribution in [2.75, 3.05) is 12.4 Å². The van der Waals surface area contributed by atoms with Crippen molar-refractivity contribution < 1.29 is 13.2 Å². The van der Waals surface area contributed by atoms with Crippen molar-refractivity contribution in [1.29, 1.82) is 0 Å². The minimum absolute atomic E-state index is 0.0238. The van der Waals surface area contributed by atoms with Gasteiger partial charge in [-0.2, -0.15) is 0 Å². The van der Waals surface area contributed by atoms with Crippen LogP contribution in [0.15, 0.2) is 5.16 Å². The van der Waals surface area contributed by atoms with Gasteiger partial charge in [0.25, 0.3) is 0 Å². The smallest absolute Gasteiger partial charge is 0.250 e. The first-order chi connectivity index (χ1) is 9.99. The highest BCUT2D eigenvalue weighted by molar-refractivity contribution is 7.91. The molecule has 118 valence electrons. The minimum Gasteiger partial charge on any atom is -0.377 e. The van der Waals surface area contributed by atoms with E-state index in [1.165, 1.54) is 0 Å². The lowest BCUT2D eigenvalue weighted by Crippen LogP contribution is -2.29. The Morgan fingerprint density at radius 3 is 2.57 bits per heavy atom. The van der Waals surface area contributed by atoms with Gasteiger partial charge in [-0.25, -0.2) is 8.42 Å². The van der Waals surface area contributed by atoms with Gasteiger partial charge >= 0.3 is 0 Å². The molecule has 0 spiro atoms. The second-order valence-corrected chi connectivity index (χ2v) is 8.29. The van der Waals surface area contributed by atoms with E-state index in [1.54, 1.807) is 0 Å². The number of ether oxygens (including phenoxy) is 1. The molecule has 7 heteroatoms. The maximum atomic E-state index is 12.7. The Morgan fingerprint density at radius 1 is 1.24 bits per heavy atom. The Balaban J connectivity index is 1.87. The van der Waals surface area contributed by atoms with Crippen LogP contribution in [-0.4, -0.2) is 41.6 Å². The van der Waals surface area contributed by atoms with Gasteiger partial charge in [0.2, 0.25) is 15.0 Å². The summed E-state index contributed by atoms with van der Waals surface area (Å²) < 4.78 is 32.8. The predicted molar refractivity (Wildman–Crippen MR) is 78.0 cm³/mol. The molecule has 1 aromatic heterocycles. The molecule has 1 saturated carbocycles. The van der Waals surface area contributed by atoms with Crippen molar-refractivity contribution in [2.45, 2.75) is 69.2 Å². The molecule has 1 aliphatic carbocycles. The summed E-state index contributed by atoms with van der Waals surface area (Å²) in [6, 6.07) is 0.259. The van der Waals surface area contributed by atoms with Crippen LogP contribution in [0.3, 0.4) is 0 Å². The Hall–Kier alpha value is -0.950. The largest absolute Gasteiger partial charge is 0.377 e. The van der Waals surface area contributed by atoms with Gasteiger partial charge in [-0.15, -0.1) is 10.2 Å². The molecule has 0 amide bonds. The SMILES string of the molecule is CC(C)c1nnc(S(=O)(=O)C[C@@H]2CCCCO2)n1C1CC1. The van der Waals surface area contributed by atoms with Gasteiger partial charge in [0.1, 0.15) is 5.82 Å². The molecular weight excluding hydrogens is 290 g/mol. The molecule has 0 radical (unpaired) electrons. The average molecular weight is 313 g/mol. The topological polar surface area (TPSA) is 74.1 Å². The Labute approximate surface area is 125 Å². The molecule has 0 bridgehead atoms. The molecule has 2 aliphatic rings. The highest BCUT2D eigenvalue weighted by Gasteiger charge is 2.36. The van der Waals surface area contributed by atoms with Crippen molar-refractivity contribution >= 4 is 9.84 Å². The van der Waals surface area contributed by atoms with Crippen LogP contribution in [0.4, 0.5) is 0 Å². The van der Waals surface area contributed by atoms with E-state index < -0.39 is 9.84 Å².